The van der Waals surface area contributed by atoms with Crippen molar-refractivity contribution in [3.05, 3.63) is 17.7 Å². The van der Waals surface area contributed by atoms with Gasteiger partial charge in [-0.3, -0.25) is 9.10 Å². The number of benzene rings is 1. The van der Waals surface area contributed by atoms with Gasteiger partial charge in [0.2, 0.25) is 10.0 Å². The van der Waals surface area contributed by atoms with E-state index in [4.69, 9.17) is 14.2 Å². The van der Waals surface area contributed by atoms with Crippen molar-refractivity contribution in [3.63, 3.8) is 0 Å². The van der Waals surface area contributed by atoms with Gasteiger partial charge in [0.1, 0.15) is 0 Å². The molecule has 0 aliphatic heterocycles. The third-order valence-electron chi connectivity index (χ3n) is 3.38. The summed E-state index contributed by atoms with van der Waals surface area (Å²) in [6.45, 7) is 2.11. The van der Waals surface area contributed by atoms with Crippen molar-refractivity contribution >= 4 is 21.6 Å². The van der Waals surface area contributed by atoms with E-state index in [0.29, 0.717) is 18.1 Å². The summed E-state index contributed by atoms with van der Waals surface area (Å²) in [4.78, 5) is 12.6. The highest BCUT2D eigenvalue weighted by Gasteiger charge is 2.24. The molecule has 0 aliphatic carbocycles. The average molecular weight is 360 g/mol. The largest absolute Gasteiger partial charge is 0.493 e. The molecule has 136 valence electrons. The van der Waals surface area contributed by atoms with Crippen molar-refractivity contribution < 1.29 is 27.4 Å². The summed E-state index contributed by atoms with van der Waals surface area (Å²) in [5.74, 6) is 0.211. The Hall–Kier alpha value is -2.00. The van der Waals surface area contributed by atoms with Crippen LogP contribution in [0.4, 0.5) is 5.69 Å². The van der Waals surface area contributed by atoms with Gasteiger partial charge in [-0.1, -0.05) is 0 Å². The Labute approximate surface area is 142 Å². The lowest BCUT2D eigenvalue weighted by atomic mass is 10.1. The second-order valence-electron chi connectivity index (χ2n) is 5.28. The van der Waals surface area contributed by atoms with E-state index < -0.39 is 15.9 Å². The molecule has 1 aromatic carbocycles. The molecule has 0 heterocycles. The van der Waals surface area contributed by atoms with E-state index in [-0.39, 0.29) is 17.3 Å². The first kappa shape index (κ1) is 20.0. The number of carbonyl (C=O) groups is 1. The van der Waals surface area contributed by atoms with Gasteiger partial charge in [-0.2, -0.15) is 0 Å². The summed E-state index contributed by atoms with van der Waals surface area (Å²) in [6, 6.07) is 2.66. The van der Waals surface area contributed by atoms with Crippen LogP contribution in [0.25, 0.3) is 0 Å². The van der Waals surface area contributed by atoms with E-state index in [1.54, 1.807) is 6.92 Å². The zero-order chi connectivity index (χ0) is 18.5. The van der Waals surface area contributed by atoms with Gasteiger partial charge < -0.3 is 19.5 Å². The lowest BCUT2D eigenvalue weighted by Gasteiger charge is -2.23. The lowest BCUT2D eigenvalue weighted by Crippen LogP contribution is -2.37. The van der Waals surface area contributed by atoms with Crippen LogP contribution < -0.4 is 19.1 Å². The molecule has 0 saturated carbocycles. The first-order chi connectivity index (χ1) is 11.1. The highest BCUT2D eigenvalue weighted by Crippen LogP contribution is 2.35. The lowest BCUT2D eigenvalue weighted by molar-refractivity contribution is 0.0906. The number of ether oxygens (including phenoxy) is 3. The van der Waals surface area contributed by atoms with Gasteiger partial charge in [-0.15, -0.1) is 0 Å². The van der Waals surface area contributed by atoms with Crippen molar-refractivity contribution in [1.82, 2.24) is 5.32 Å². The first-order valence-corrected chi connectivity index (χ1v) is 9.00. The molecule has 1 aromatic rings. The molecule has 8 nitrogen and oxygen atoms in total. The minimum atomic E-state index is -3.56. The van der Waals surface area contributed by atoms with Crippen LogP contribution in [0.5, 0.6) is 11.5 Å². The molecule has 1 rings (SSSR count). The van der Waals surface area contributed by atoms with Crippen molar-refractivity contribution in [2.24, 2.45) is 0 Å². The van der Waals surface area contributed by atoms with Gasteiger partial charge >= 0.3 is 0 Å². The van der Waals surface area contributed by atoms with Gasteiger partial charge in [0, 0.05) is 26.3 Å². The number of hydrogen-bond acceptors (Lipinski definition) is 6. The molecule has 0 bridgehead atoms. The van der Waals surface area contributed by atoms with Crippen molar-refractivity contribution in [1.29, 1.82) is 0 Å². The van der Waals surface area contributed by atoms with Crippen LogP contribution in [-0.4, -0.2) is 61.6 Å². The SMILES string of the molecule is COCC(C)NC(=O)c1cc(OC)c(OC)cc1N(C)S(C)(=O)=O. The molecule has 1 amide bonds. The van der Waals surface area contributed by atoms with Gasteiger partial charge in [0.25, 0.3) is 5.91 Å². The van der Waals surface area contributed by atoms with Crippen LogP contribution in [0.2, 0.25) is 0 Å². The molecule has 0 spiro atoms. The molecule has 0 saturated heterocycles. The van der Waals surface area contributed by atoms with E-state index in [2.05, 4.69) is 5.32 Å². The minimum Gasteiger partial charge on any atom is -0.493 e. The van der Waals surface area contributed by atoms with Crippen molar-refractivity contribution in [3.8, 4) is 11.5 Å². The molecule has 1 N–H and O–H groups in total. The molecule has 1 unspecified atom stereocenters. The van der Waals surface area contributed by atoms with Crippen LogP contribution >= 0.6 is 0 Å². The third-order valence-corrected chi connectivity index (χ3v) is 4.57. The molecule has 0 fully saturated rings. The Balaban J connectivity index is 3.41. The Bertz CT molecular complexity index is 689. The molecular weight excluding hydrogens is 336 g/mol. The molecule has 0 aliphatic rings. The van der Waals surface area contributed by atoms with Crippen LogP contribution in [0, 0.1) is 0 Å². The van der Waals surface area contributed by atoms with Crippen LogP contribution in [0.1, 0.15) is 17.3 Å². The Morgan fingerprint density at radius 2 is 1.75 bits per heavy atom. The second kappa shape index (κ2) is 8.20. The second-order valence-corrected chi connectivity index (χ2v) is 7.30. The van der Waals surface area contributed by atoms with Gasteiger partial charge in [-0.05, 0) is 13.0 Å². The molecule has 24 heavy (non-hydrogen) atoms. The number of amides is 1. The zero-order valence-corrected chi connectivity index (χ0v) is 15.6. The molecule has 0 radical (unpaired) electrons. The summed E-state index contributed by atoms with van der Waals surface area (Å²) < 4.78 is 40.2. The highest BCUT2D eigenvalue weighted by molar-refractivity contribution is 7.92. The number of methoxy groups -OCH3 is 3. The fourth-order valence-corrected chi connectivity index (χ4v) is 2.59. The summed E-state index contributed by atoms with van der Waals surface area (Å²) in [6.07, 6.45) is 1.05. The van der Waals surface area contributed by atoms with E-state index in [0.717, 1.165) is 10.6 Å². The van der Waals surface area contributed by atoms with Crippen LogP contribution in [0.3, 0.4) is 0 Å². The fourth-order valence-electron chi connectivity index (χ4n) is 2.08. The maximum Gasteiger partial charge on any atom is 0.253 e. The number of rotatable bonds is 8. The van der Waals surface area contributed by atoms with Gasteiger partial charge in [0.15, 0.2) is 11.5 Å². The summed E-state index contributed by atoms with van der Waals surface area (Å²) in [7, 11) is 2.20. The highest BCUT2D eigenvalue weighted by atomic mass is 32.2. The van der Waals surface area contributed by atoms with Crippen LogP contribution in [-0.2, 0) is 14.8 Å². The summed E-state index contributed by atoms with van der Waals surface area (Å²) in [5.41, 5.74) is 0.348. The van der Waals surface area contributed by atoms with E-state index >= 15 is 0 Å². The van der Waals surface area contributed by atoms with E-state index in [1.807, 2.05) is 0 Å². The van der Waals surface area contributed by atoms with Crippen molar-refractivity contribution in [2.75, 3.05) is 45.5 Å². The molecule has 1 atom stereocenters. The number of nitrogens with zero attached hydrogens (tertiary/aromatic N) is 1. The van der Waals surface area contributed by atoms with Crippen LogP contribution in [0.15, 0.2) is 12.1 Å². The Kier molecular flexibility index (Phi) is 6.85. The average Bonchev–Trinajstić information content (AvgIpc) is 2.51. The van der Waals surface area contributed by atoms with Gasteiger partial charge in [-0.25, -0.2) is 8.42 Å². The number of sulfonamides is 1. The topological polar surface area (TPSA) is 94.2 Å². The fraction of sp³-hybridized carbons (Fsp3) is 0.533. The number of hydrogen-bond donors (Lipinski definition) is 1. The normalized spacial score (nSPS) is 12.4. The molecule has 0 aromatic heterocycles. The van der Waals surface area contributed by atoms with Gasteiger partial charge in [0.05, 0.1) is 38.3 Å². The van der Waals surface area contributed by atoms with Crippen molar-refractivity contribution in [2.45, 2.75) is 13.0 Å². The predicted octanol–water partition coefficient (Wildman–Crippen LogP) is 0.864. The number of carbonyl (C=O) groups excluding carboxylic acids is 1. The smallest absolute Gasteiger partial charge is 0.253 e. The number of nitrogens with one attached hydrogen (secondary N) is 1. The quantitative estimate of drug-likeness (QED) is 0.739. The first-order valence-electron chi connectivity index (χ1n) is 7.15. The van der Waals surface area contributed by atoms with E-state index in [1.165, 1.54) is 40.5 Å². The predicted molar refractivity (Wildman–Crippen MR) is 91.6 cm³/mol. The summed E-state index contributed by atoms with van der Waals surface area (Å²) >= 11 is 0. The Morgan fingerprint density at radius 1 is 1.21 bits per heavy atom. The monoisotopic (exact) mass is 360 g/mol. The molecule has 9 heteroatoms. The maximum atomic E-state index is 12.6. The Morgan fingerprint density at radius 3 is 2.21 bits per heavy atom. The number of anilines is 1. The summed E-state index contributed by atoms with van der Waals surface area (Å²) in [5, 5.41) is 2.75. The maximum absolute atomic E-state index is 12.6. The zero-order valence-electron chi connectivity index (χ0n) is 14.7. The minimum absolute atomic E-state index is 0.156. The standard InChI is InChI=1S/C15H24N2O6S/c1-10(9-21-3)16-15(18)11-7-13(22-4)14(23-5)8-12(11)17(2)24(6,19)20/h7-8,10H,9H2,1-6H3,(H,16,18). The third kappa shape index (κ3) is 4.75. The molecular formula is C15H24N2O6S. The van der Waals surface area contributed by atoms with E-state index in [9.17, 15) is 13.2 Å².